The number of nitrogens with zero attached hydrogens (tertiary/aromatic N) is 1. The number of rotatable bonds is 5. The van der Waals surface area contributed by atoms with Gasteiger partial charge >= 0.3 is 0 Å². The summed E-state index contributed by atoms with van der Waals surface area (Å²) >= 11 is 11.7. The fourth-order valence-electron chi connectivity index (χ4n) is 1.57. The standard InChI is InChI=1S/C14H10Cl2N2O3/c15-10-1-2-13(11(16)5-10)21-8-14(19)18-12(6-17)9-3-4-20-7-9/h1-5,7,12H,8H2,(H,18,19). The second-order valence-electron chi connectivity index (χ2n) is 4.05. The number of nitrogens with one attached hydrogen (secondary N) is 1. The molecule has 0 spiro atoms. The van der Waals surface area contributed by atoms with E-state index in [2.05, 4.69) is 5.32 Å². The Hall–Kier alpha value is -2.16. The summed E-state index contributed by atoms with van der Waals surface area (Å²) in [5.74, 6) is -0.109. The topological polar surface area (TPSA) is 75.3 Å². The van der Waals surface area contributed by atoms with Crippen molar-refractivity contribution in [1.82, 2.24) is 5.32 Å². The van der Waals surface area contributed by atoms with Crippen molar-refractivity contribution in [3.8, 4) is 11.8 Å². The smallest absolute Gasteiger partial charge is 0.259 e. The monoisotopic (exact) mass is 324 g/mol. The first-order valence-electron chi connectivity index (χ1n) is 5.89. The average molecular weight is 325 g/mol. The normalized spacial score (nSPS) is 11.5. The van der Waals surface area contributed by atoms with Crippen LogP contribution in [0.4, 0.5) is 0 Å². The average Bonchev–Trinajstić information content (AvgIpc) is 2.98. The minimum absolute atomic E-state index is 0.266. The zero-order valence-electron chi connectivity index (χ0n) is 10.7. The first kappa shape index (κ1) is 15.2. The van der Waals surface area contributed by atoms with Crippen molar-refractivity contribution in [1.29, 1.82) is 5.26 Å². The molecule has 0 bridgehead atoms. The van der Waals surface area contributed by atoms with Gasteiger partial charge in [-0.25, -0.2) is 0 Å². The number of hydrogen-bond acceptors (Lipinski definition) is 4. The van der Waals surface area contributed by atoms with E-state index in [0.717, 1.165) is 0 Å². The van der Waals surface area contributed by atoms with Gasteiger partial charge < -0.3 is 14.5 Å². The highest BCUT2D eigenvalue weighted by atomic mass is 35.5. The van der Waals surface area contributed by atoms with Crippen LogP contribution in [0.2, 0.25) is 10.0 Å². The molecule has 0 saturated heterocycles. The molecule has 1 atom stereocenters. The number of halogens is 2. The number of furan rings is 1. The van der Waals surface area contributed by atoms with E-state index in [4.69, 9.17) is 37.6 Å². The highest BCUT2D eigenvalue weighted by Gasteiger charge is 2.15. The molecule has 1 aromatic carbocycles. The van der Waals surface area contributed by atoms with Crippen molar-refractivity contribution < 1.29 is 13.9 Å². The molecular weight excluding hydrogens is 315 g/mol. The molecule has 0 saturated carbocycles. The van der Waals surface area contributed by atoms with Gasteiger partial charge in [-0.15, -0.1) is 0 Å². The third kappa shape index (κ3) is 4.15. The number of amides is 1. The zero-order chi connectivity index (χ0) is 15.2. The first-order valence-corrected chi connectivity index (χ1v) is 6.64. The van der Waals surface area contributed by atoms with Crippen LogP contribution in [0, 0.1) is 11.3 Å². The molecule has 2 aromatic rings. The summed E-state index contributed by atoms with van der Waals surface area (Å²) in [4.78, 5) is 11.8. The Balaban J connectivity index is 1.91. The molecule has 0 radical (unpaired) electrons. The molecule has 7 heteroatoms. The maximum Gasteiger partial charge on any atom is 0.259 e. The predicted molar refractivity (Wildman–Crippen MR) is 77.2 cm³/mol. The second-order valence-corrected chi connectivity index (χ2v) is 4.89. The van der Waals surface area contributed by atoms with Gasteiger partial charge in [0.25, 0.3) is 5.91 Å². The lowest BCUT2D eigenvalue weighted by Crippen LogP contribution is -2.31. The zero-order valence-corrected chi connectivity index (χ0v) is 12.2. The molecule has 0 aliphatic carbocycles. The second kappa shape index (κ2) is 7.02. The summed E-state index contributed by atoms with van der Waals surface area (Å²) in [6, 6.07) is 7.45. The fourth-order valence-corrected chi connectivity index (χ4v) is 2.03. The summed E-state index contributed by atoms with van der Waals surface area (Å²) in [5.41, 5.74) is 0.565. The molecule has 1 aromatic heterocycles. The highest BCUT2D eigenvalue weighted by Crippen LogP contribution is 2.27. The Morgan fingerprint density at radius 3 is 2.86 bits per heavy atom. The van der Waals surface area contributed by atoms with Crippen molar-refractivity contribution >= 4 is 29.1 Å². The van der Waals surface area contributed by atoms with E-state index < -0.39 is 11.9 Å². The quantitative estimate of drug-likeness (QED) is 0.915. The largest absolute Gasteiger partial charge is 0.482 e. The van der Waals surface area contributed by atoms with Crippen LogP contribution in [0.15, 0.2) is 41.2 Å². The Bertz CT molecular complexity index is 665. The molecule has 1 amide bonds. The summed E-state index contributed by atoms with van der Waals surface area (Å²) in [5, 5.41) is 12.3. The van der Waals surface area contributed by atoms with E-state index in [9.17, 15) is 4.79 Å². The summed E-state index contributed by atoms with van der Waals surface area (Å²) in [6.45, 7) is -0.266. The third-order valence-electron chi connectivity index (χ3n) is 2.56. The van der Waals surface area contributed by atoms with Crippen molar-refractivity contribution in [3.63, 3.8) is 0 Å². The number of ether oxygens (including phenoxy) is 1. The molecule has 1 heterocycles. The number of benzene rings is 1. The predicted octanol–water partition coefficient (Wildman–Crippen LogP) is 3.35. The van der Waals surface area contributed by atoms with Gasteiger partial charge in [0.05, 0.1) is 23.6 Å². The first-order chi connectivity index (χ1) is 10.1. The molecule has 1 N–H and O–H groups in total. The van der Waals surface area contributed by atoms with E-state index in [0.29, 0.717) is 21.4 Å². The van der Waals surface area contributed by atoms with E-state index in [-0.39, 0.29) is 6.61 Å². The molecule has 0 aliphatic rings. The van der Waals surface area contributed by atoms with Crippen LogP contribution in [-0.2, 0) is 4.79 Å². The van der Waals surface area contributed by atoms with Crippen molar-refractivity contribution in [2.24, 2.45) is 0 Å². The van der Waals surface area contributed by atoms with Gasteiger partial charge in [0.15, 0.2) is 6.61 Å². The summed E-state index contributed by atoms with van der Waals surface area (Å²) < 4.78 is 10.2. The van der Waals surface area contributed by atoms with Crippen LogP contribution >= 0.6 is 23.2 Å². The minimum atomic E-state index is -0.791. The van der Waals surface area contributed by atoms with Gasteiger partial charge in [0.2, 0.25) is 0 Å². The van der Waals surface area contributed by atoms with E-state index >= 15 is 0 Å². The van der Waals surface area contributed by atoms with Crippen LogP contribution < -0.4 is 10.1 Å². The number of hydrogen-bond donors (Lipinski definition) is 1. The number of carbonyl (C=O) groups excluding carboxylic acids is 1. The van der Waals surface area contributed by atoms with Crippen molar-refractivity contribution in [3.05, 3.63) is 52.4 Å². The highest BCUT2D eigenvalue weighted by molar-refractivity contribution is 6.35. The van der Waals surface area contributed by atoms with Crippen LogP contribution in [0.3, 0.4) is 0 Å². The van der Waals surface area contributed by atoms with E-state index in [1.165, 1.54) is 18.6 Å². The van der Waals surface area contributed by atoms with Gasteiger partial charge in [-0.1, -0.05) is 23.2 Å². The lowest BCUT2D eigenvalue weighted by atomic mass is 10.2. The van der Waals surface area contributed by atoms with Crippen LogP contribution in [-0.4, -0.2) is 12.5 Å². The van der Waals surface area contributed by atoms with Gasteiger partial charge in [-0.05, 0) is 24.3 Å². The molecule has 0 aliphatic heterocycles. The molecule has 0 fully saturated rings. The van der Waals surface area contributed by atoms with Gasteiger partial charge in [0.1, 0.15) is 11.8 Å². The Labute approximate surface area is 131 Å². The third-order valence-corrected chi connectivity index (χ3v) is 3.09. The Morgan fingerprint density at radius 1 is 1.43 bits per heavy atom. The van der Waals surface area contributed by atoms with E-state index in [1.54, 1.807) is 18.2 Å². The summed E-state index contributed by atoms with van der Waals surface area (Å²) in [6.07, 6.45) is 2.82. The maximum absolute atomic E-state index is 11.8. The van der Waals surface area contributed by atoms with Gasteiger partial charge in [-0.3, -0.25) is 4.79 Å². The number of carbonyl (C=O) groups is 1. The minimum Gasteiger partial charge on any atom is -0.482 e. The van der Waals surface area contributed by atoms with Gasteiger partial charge in [0, 0.05) is 10.6 Å². The van der Waals surface area contributed by atoms with Crippen LogP contribution in [0.5, 0.6) is 5.75 Å². The lowest BCUT2D eigenvalue weighted by molar-refractivity contribution is -0.123. The van der Waals surface area contributed by atoms with Crippen LogP contribution in [0.1, 0.15) is 11.6 Å². The fraction of sp³-hybridized carbons (Fsp3) is 0.143. The van der Waals surface area contributed by atoms with Gasteiger partial charge in [-0.2, -0.15) is 5.26 Å². The maximum atomic E-state index is 11.8. The Kier molecular flexibility index (Phi) is 5.09. The van der Waals surface area contributed by atoms with Crippen molar-refractivity contribution in [2.75, 3.05) is 6.61 Å². The Morgan fingerprint density at radius 2 is 2.24 bits per heavy atom. The van der Waals surface area contributed by atoms with Crippen molar-refractivity contribution in [2.45, 2.75) is 6.04 Å². The SMILES string of the molecule is N#CC(NC(=O)COc1ccc(Cl)cc1Cl)c1ccoc1. The molecule has 2 rings (SSSR count). The van der Waals surface area contributed by atoms with Crippen LogP contribution in [0.25, 0.3) is 0 Å². The molecule has 1 unspecified atom stereocenters. The summed E-state index contributed by atoms with van der Waals surface area (Å²) in [7, 11) is 0. The molecular formula is C14H10Cl2N2O3. The number of nitriles is 1. The van der Waals surface area contributed by atoms with E-state index in [1.807, 2.05) is 6.07 Å². The molecule has 21 heavy (non-hydrogen) atoms. The molecule has 108 valence electrons. The molecule has 5 nitrogen and oxygen atoms in total. The lowest BCUT2D eigenvalue weighted by Gasteiger charge is -2.11.